The molecule has 12 aromatic rings. The van der Waals surface area contributed by atoms with Crippen molar-refractivity contribution in [3.63, 3.8) is 0 Å². The molecule has 63 heavy (non-hydrogen) atoms. The number of aromatic nitrogens is 4. The summed E-state index contributed by atoms with van der Waals surface area (Å²) in [7, 11) is 0. The van der Waals surface area contributed by atoms with Crippen LogP contribution in [0.25, 0.3) is 88.6 Å². The van der Waals surface area contributed by atoms with E-state index in [9.17, 15) is 0 Å². The van der Waals surface area contributed by atoms with E-state index in [1.165, 1.54) is 43.6 Å². The summed E-state index contributed by atoms with van der Waals surface area (Å²) < 4.78 is 4.82. The summed E-state index contributed by atoms with van der Waals surface area (Å²) in [6, 6.07) is 80.2. The van der Waals surface area contributed by atoms with Crippen LogP contribution in [-0.4, -0.2) is 19.1 Å². The number of fused-ring (bicyclic) bond motifs is 6. The summed E-state index contributed by atoms with van der Waals surface area (Å²) in [5.41, 5.74) is 16.3. The number of nitrogens with zero attached hydrogens (tertiary/aromatic N) is 5. The molecule has 0 atom stereocenters. The third kappa shape index (κ3) is 6.34. The largest absolute Gasteiger partial charge is 0.310 e. The smallest absolute Gasteiger partial charge is 0.0702 e. The molecule has 0 saturated heterocycles. The molecule has 0 radical (unpaired) electrons. The van der Waals surface area contributed by atoms with Crippen LogP contribution in [0, 0.1) is 0 Å². The predicted molar refractivity (Wildman–Crippen MR) is 262 cm³/mol. The Labute approximate surface area is 365 Å². The predicted octanol–water partition coefficient (Wildman–Crippen LogP) is 15.1. The van der Waals surface area contributed by atoms with Gasteiger partial charge in [-0.25, -0.2) is 0 Å². The lowest BCUT2D eigenvalue weighted by Crippen LogP contribution is -2.10. The molecule has 5 heteroatoms. The van der Waals surface area contributed by atoms with E-state index >= 15 is 0 Å². The summed E-state index contributed by atoms with van der Waals surface area (Å²) in [5, 5.41) is 4.90. The van der Waals surface area contributed by atoms with E-state index in [4.69, 9.17) is 0 Å². The Morgan fingerprint density at radius 1 is 0.286 bits per heavy atom. The number of hydrogen-bond donors (Lipinski definition) is 0. The summed E-state index contributed by atoms with van der Waals surface area (Å²) >= 11 is 0. The van der Waals surface area contributed by atoms with Gasteiger partial charge in [-0.15, -0.1) is 0 Å². The molecule has 0 aliphatic rings. The first-order valence-electron chi connectivity index (χ1n) is 21.3. The second-order valence-corrected chi connectivity index (χ2v) is 15.9. The van der Waals surface area contributed by atoms with Gasteiger partial charge >= 0.3 is 0 Å². The van der Waals surface area contributed by atoms with Crippen molar-refractivity contribution in [2.24, 2.45) is 0 Å². The van der Waals surface area contributed by atoms with Crippen LogP contribution in [0.2, 0.25) is 0 Å². The second kappa shape index (κ2) is 15.2. The molecule has 0 spiro atoms. The molecule has 8 aromatic carbocycles. The monoisotopic (exact) mass is 805 g/mol. The highest BCUT2D eigenvalue weighted by Crippen LogP contribution is 2.43. The van der Waals surface area contributed by atoms with Gasteiger partial charge in [-0.05, 0) is 126 Å². The van der Waals surface area contributed by atoms with E-state index < -0.39 is 0 Å². The highest BCUT2D eigenvalue weighted by atomic mass is 15.1. The summed E-state index contributed by atoms with van der Waals surface area (Å²) in [6.45, 7) is 0. The Kier molecular flexibility index (Phi) is 8.75. The number of hydrogen-bond acceptors (Lipinski definition) is 3. The lowest BCUT2D eigenvalue weighted by molar-refractivity contribution is 1.16. The van der Waals surface area contributed by atoms with Crippen molar-refractivity contribution in [3.05, 3.63) is 237 Å². The van der Waals surface area contributed by atoms with Crippen molar-refractivity contribution >= 4 is 60.7 Å². The highest BCUT2D eigenvalue weighted by molar-refractivity contribution is 6.19. The Hall–Kier alpha value is -8.54. The number of para-hydroxylation sites is 3. The van der Waals surface area contributed by atoms with Crippen molar-refractivity contribution < 1.29 is 0 Å². The Morgan fingerprint density at radius 3 is 1.32 bits per heavy atom. The van der Waals surface area contributed by atoms with Gasteiger partial charge in [0.25, 0.3) is 0 Å². The van der Waals surface area contributed by atoms with Crippen LogP contribution in [0.4, 0.5) is 17.1 Å². The zero-order valence-electron chi connectivity index (χ0n) is 34.3. The molecule has 5 nitrogen and oxygen atoms in total. The van der Waals surface area contributed by atoms with Crippen LogP contribution in [0.3, 0.4) is 0 Å². The topological polar surface area (TPSA) is 38.9 Å². The molecule has 12 rings (SSSR count). The average Bonchev–Trinajstić information content (AvgIpc) is 3.86. The number of rotatable bonds is 8. The van der Waals surface area contributed by atoms with E-state index in [2.05, 4.69) is 224 Å². The molecular formula is C58H39N5. The molecule has 4 heterocycles. The van der Waals surface area contributed by atoms with Crippen LogP contribution in [0.5, 0.6) is 0 Å². The van der Waals surface area contributed by atoms with E-state index in [0.717, 1.165) is 62.1 Å². The van der Waals surface area contributed by atoms with Gasteiger partial charge in [0.05, 0.1) is 33.5 Å². The maximum Gasteiger partial charge on any atom is 0.0702 e. The molecule has 0 aliphatic carbocycles. The molecular weight excluding hydrogens is 767 g/mol. The van der Waals surface area contributed by atoms with Crippen LogP contribution in [0.1, 0.15) is 0 Å². The van der Waals surface area contributed by atoms with E-state index in [1.807, 2.05) is 36.7 Å². The molecule has 0 N–H and O–H groups in total. The molecule has 296 valence electrons. The first-order valence-corrected chi connectivity index (χ1v) is 21.3. The number of anilines is 3. The zero-order chi connectivity index (χ0) is 41.7. The van der Waals surface area contributed by atoms with Crippen molar-refractivity contribution in [1.82, 2.24) is 19.1 Å². The summed E-state index contributed by atoms with van der Waals surface area (Å²) in [5.74, 6) is 0. The lowest BCUT2D eigenvalue weighted by Gasteiger charge is -2.27. The summed E-state index contributed by atoms with van der Waals surface area (Å²) in [6.07, 6.45) is 3.69. The van der Waals surface area contributed by atoms with Crippen molar-refractivity contribution in [2.45, 2.75) is 0 Å². The van der Waals surface area contributed by atoms with Crippen molar-refractivity contribution in [2.75, 3.05) is 4.90 Å². The van der Waals surface area contributed by atoms with E-state index in [0.29, 0.717) is 0 Å². The van der Waals surface area contributed by atoms with Crippen LogP contribution >= 0.6 is 0 Å². The molecule has 0 bridgehead atoms. The van der Waals surface area contributed by atoms with Gasteiger partial charge < -0.3 is 14.0 Å². The third-order valence-electron chi connectivity index (χ3n) is 12.2. The normalized spacial score (nSPS) is 11.5. The molecule has 0 saturated carbocycles. The number of benzene rings is 8. The zero-order valence-corrected chi connectivity index (χ0v) is 34.3. The second-order valence-electron chi connectivity index (χ2n) is 15.9. The van der Waals surface area contributed by atoms with Gasteiger partial charge in [-0.1, -0.05) is 109 Å². The van der Waals surface area contributed by atoms with Crippen LogP contribution in [0.15, 0.2) is 237 Å². The van der Waals surface area contributed by atoms with Gasteiger partial charge in [0.2, 0.25) is 0 Å². The minimum absolute atomic E-state index is 0.931. The van der Waals surface area contributed by atoms with Gasteiger partial charge in [-0.2, -0.15) is 0 Å². The molecule has 4 aromatic heterocycles. The minimum atomic E-state index is 0.931. The molecule has 0 fully saturated rings. The minimum Gasteiger partial charge on any atom is -0.310 e. The molecule has 0 amide bonds. The first-order chi connectivity index (χ1) is 31.2. The van der Waals surface area contributed by atoms with Crippen molar-refractivity contribution in [3.8, 4) is 45.0 Å². The maximum atomic E-state index is 4.69. The Bertz CT molecular complexity index is 3530. The van der Waals surface area contributed by atoms with Crippen LogP contribution in [-0.2, 0) is 0 Å². The quantitative estimate of drug-likeness (QED) is 0.154. The Morgan fingerprint density at radius 2 is 0.746 bits per heavy atom. The maximum absolute atomic E-state index is 4.69. The fourth-order valence-electron chi connectivity index (χ4n) is 9.32. The molecule has 0 unspecified atom stereocenters. The van der Waals surface area contributed by atoms with E-state index in [1.54, 1.807) is 0 Å². The SMILES string of the molecule is c1ccc(-n2c3ccccc3c3cc4c5cc(-c6cccc(N(c7cccc(-c8ccccn8)c7)c7cccc(-c8ccccn8)c7)c6)ccc5n(-c5ccccc5)c4cc32)cc1. The molecule has 0 aliphatic heterocycles. The third-order valence-corrected chi connectivity index (χ3v) is 12.2. The average molecular weight is 806 g/mol. The van der Waals surface area contributed by atoms with Gasteiger partial charge in [0, 0.05) is 73.5 Å². The van der Waals surface area contributed by atoms with Gasteiger partial charge in [0.1, 0.15) is 0 Å². The lowest BCUT2D eigenvalue weighted by atomic mass is 10.0. The van der Waals surface area contributed by atoms with Crippen LogP contribution < -0.4 is 4.90 Å². The van der Waals surface area contributed by atoms with E-state index in [-0.39, 0.29) is 0 Å². The Balaban J connectivity index is 1.05. The highest BCUT2D eigenvalue weighted by Gasteiger charge is 2.20. The fraction of sp³-hybridized carbons (Fsp3) is 0. The standard InChI is InChI=1S/C58H39N5/c1-3-19-44(20-4-1)62-55-29-8-7-26-49(55)51-38-52-50-37-41(30-31-56(50)63(58(52)39-57(51)62)45-21-5-2-6-22-45)40-16-13-23-46(34-40)61(47-24-14-17-42(35-47)53-27-9-11-32-59-53)48-25-15-18-43(36-48)54-28-10-12-33-60-54/h1-39H. The van der Waals surface area contributed by atoms with Crippen molar-refractivity contribution in [1.29, 1.82) is 0 Å². The first kappa shape index (κ1) is 36.3. The fourth-order valence-corrected chi connectivity index (χ4v) is 9.32. The van der Waals surface area contributed by atoms with Gasteiger partial charge in [0.15, 0.2) is 0 Å². The number of pyridine rings is 2. The van der Waals surface area contributed by atoms with Gasteiger partial charge in [-0.3, -0.25) is 9.97 Å². The summed E-state index contributed by atoms with van der Waals surface area (Å²) in [4.78, 5) is 11.7.